The Kier molecular flexibility index (Phi) is 3.99. The van der Waals surface area contributed by atoms with Crippen LogP contribution in [0.25, 0.3) is 0 Å². The van der Waals surface area contributed by atoms with Gasteiger partial charge < -0.3 is 0 Å². The van der Waals surface area contributed by atoms with E-state index >= 15 is 0 Å². The Morgan fingerprint density at radius 2 is 1.90 bits per heavy atom. The van der Waals surface area contributed by atoms with Crippen molar-refractivity contribution in [2.24, 2.45) is 0 Å². The number of pyridine rings is 2. The third-order valence-corrected chi connectivity index (χ3v) is 3.13. The van der Waals surface area contributed by atoms with Gasteiger partial charge in [0.2, 0.25) is 0 Å². The molecule has 0 unspecified atom stereocenters. The van der Waals surface area contributed by atoms with E-state index in [9.17, 15) is 9.18 Å². The van der Waals surface area contributed by atoms with Gasteiger partial charge in [-0.2, -0.15) is 0 Å². The third kappa shape index (κ3) is 2.77. The molecule has 2 heterocycles. The summed E-state index contributed by atoms with van der Waals surface area (Å²) in [4.78, 5) is 21.8. The highest BCUT2D eigenvalue weighted by molar-refractivity contribution is 6.29. The number of anilines is 1. The van der Waals surface area contributed by atoms with E-state index in [4.69, 9.17) is 11.6 Å². The van der Waals surface area contributed by atoms with E-state index in [1.54, 1.807) is 33.0 Å². The van der Waals surface area contributed by atoms with E-state index in [0.29, 0.717) is 11.4 Å². The minimum Gasteiger partial charge on any atom is -0.294 e. The first-order valence-electron chi connectivity index (χ1n) is 5.94. The first-order valence-corrected chi connectivity index (χ1v) is 6.32. The van der Waals surface area contributed by atoms with Gasteiger partial charge in [-0.15, -0.1) is 0 Å². The number of carbonyl (C=O) groups is 1. The zero-order valence-electron chi connectivity index (χ0n) is 11.3. The summed E-state index contributed by atoms with van der Waals surface area (Å²) in [6, 6.07) is 6.06. The maximum absolute atomic E-state index is 13.2. The molecule has 0 radical (unpaired) electrons. The van der Waals surface area contributed by atoms with Crippen molar-refractivity contribution >= 4 is 23.3 Å². The molecule has 0 spiro atoms. The van der Waals surface area contributed by atoms with Gasteiger partial charge in [-0.1, -0.05) is 17.7 Å². The SMILES string of the molecule is Cc1ccc(Cl)nc1C(=O)N(C)c1ccc(F)c(C)n1. The fraction of sp³-hybridized carbons (Fsp3) is 0.214. The molecule has 0 bridgehead atoms. The highest BCUT2D eigenvalue weighted by Crippen LogP contribution is 2.17. The molecular formula is C14H13ClFN3O. The van der Waals surface area contributed by atoms with Crippen LogP contribution in [0.4, 0.5) is 10.2 Å². The van der Waals surface area contributed by atoms with Crippen molar-refractivity contribution in [2.75, 3.05) is 11.9 Å². The Morgan fingerprint density at radius 3 is 2.55 bits per heavy atom. The van der Waals surface area contributed by atoms with E-state index in [1.807, 2.05) is 0 Å². The second kappa shape index (κ2) is 5.54. The first kappa shape index (κ1) is 14.4. The molecule has 2 aromatic rings. The lowest BCUT2D eigenvalue weighted by atomic mass is 10.2. The molecule has 0 fully saturated rings. The van der Waals surface area contributed by atoms with E-state index in [-0.39, 0.29) is 22.4 Å². The van der Waals surface area contributed by atoms with Gasteiger partial charge in [0.15, 0.2) is 0 Å². The van der Waals surface area contributed by atoms with Gasteiger partial charge in [0.25, 0.3) is 5.91 Å². The minimum atomic E-state index is -0.410. The number of aromatic nitrogens is 2. The third-order valence-electron chi connectivity index (χ3n) is 2.92. The number of carbonyl (C=O) groups excluding carboxylic acids is 1. The Balaban J connectivity index is 2.37. The van der Waals surface area contributed by atoms with Crippen LogP contribution >= 0.6 is 11.6 Å². The van der Waals surface area contributed by atoms with Crippen molar-refractivity contribution < 1.29 is 9.18 Å². The van der Waals surface area contributed by atoms with Crippen LogP contribution in [0.2, 0.25) is 5.15 Å². The van der Waals surface area contributed by atoms with Crippen molar-refractivity contribution in [3.8, 4) is 0 Å². The number of amides is 1. The highest BCUT2D eigenvalue weighted by atomic mass is 35.5. The van der Waals surface area contributed by atoms with Gasteiger partial charge in [-0.05, 0) is 37.6 Å². The predicted molar refractivity (Wildman–Crippen MR) is 75.6 cm³/mol. The monoisotopic (exact) mass is 293 g/mol. The van der Waals surface area contributed by atoms with Crippen LogP contribution < -0.4 is 4.90 Å². The molecule has 0 saturated heterocycles. The van der Waals surface area contributed by atoms with Crippen LogP contribution in [0, 0.1) is 19.7 Å². The van der Waals surface area contributed by atoms with Gasteiger partial charge in [0.05, 0.1) is 5.69 Å². The van der Waals surface area contributed by atoms with E-state index in [2.05, 4.69) is 9.97 Å². The molecule has 0 aliphatic rings. The molecule has 0 aromatic carbocycles. The van der Waals surface area contributed by atoms with Crippen molar-refractivity contribution in [1.82, 2.24) is 9.97 Å². The quantitative estimate of drug-likeness (QED) is 0.799. The molecule has 0 aliphatic heterocycles. The second-order valence-electron chi connectivity index (χ2n) is 4.40. The van der Waals surface area contributed by atoms with Gasteiger partial charge in [-0.3, -0.25) is 9.69 Å². The van der Waals surface area contributed by atoms with Crippen LogP contribution in [0.3, 0.4) is 0 Å². The average molecular weight is 294 g/mol. The summed E-state index contributed by atoms with van der Waals surface area (Å²) in [5, 5.41) is 0.246. The van der Waals surface area contributed by atoms with Gasteiger partial charge in [0.1, 0.15) is 22.5 Å². The van der Waals surface area contributed by atoms with E-state index < -0.39 is 5.82 Å². The summed E-state index contributed by atoms with van der Waals surface area (Å²) in [7, 11) is 1.56. The zero-order chi connectivity index (χ0) is 14.9. The van der Waals surface area contributed by atoms with Crippen molar-refractivity contribution in [1.29, 1.82) is 0 Å². The van der Waals surface area contributed by atoms with Crippen molar-refractivity contribution in [3.63, 3.8) is 0 Å². The zero-order valence-corrected chi connectivity index (χ0v) is 12.1. The normalized spacial score (nSPS) is 10.4. The Morgan fingerprint density at radius 1 is 1.20 bits per heavy atom. The predicted octanol–water partition coefficient (Wildman–Crippen LogP) is 3.16. The van der Waals surface area contributed by atoms with Gasteiger partial charge in [-0.25, -0.2) is 14.4 Å². The van der Waals surface area contributed by atoms with Crippen LogP contribution in [0.5, 0.6) is 0 Å². The fourth-order valence-electron chi connectivity index (χ4n) is 1.70. The number of hydrogen-bond acceptors (Lipinski definition) is 3. The van der Waals surface area contributed by atoms with Crippen LogP contribution in [-0.4, -0.2) is 22.9 Å². The lowest BCUT2D eigenvalue weighted by Gasteiger charge is -2.17. The highest BCUT2D eigenvalue weighted by Gasteiger charge is 2.19. The summed E-state index contributed by atoms with van der Waals surface area (Å²) >= 11 is 5.81. The molecule has 0 atom stereocenters. The maximum atomic E-state index is 13.2. The van der Waals surface area contributed by atoms with Crippen LogP contribution in [0.15, 0.2) is 24.3 Å². The maximum Gasteiger partial charge on any atom is 0.278 e. The molecule has 0 aliphatic carbocycles. The average Bonchev–Trinajstić information content (AvgIpc) is 2.43. The van der Waals surface area contributed by atoms with Crippen LogP contribution in [-0.2, 0) is 0 Å². The largest absolute Gasteiger partial charge is 0.294 e. The molecule has 6 heteroatoms. The van der Waals surface area contributed by atoms with E-state index in [0.717, 1.165) is 0 Å². The topological polar surface area (TPSA) is 46.1 Å². The lowest BCUT2D eigenvalue weighted by Crippen LogP contribution is -2.29. The first-order chi connectivity index (χ1) is 9.40. The van der Waals surface area contributed by atoms with Crippen LogP contribution in [0.1, 0.15) is 21.7 Å². The molecule has 104 valence electrons. The molecule has 0 N–H and O–H groups in total. The number of aryl methyl sites for hydroxylation is 2. The summed E-state index contributed by atoms with van der Waals surface area (Å²) < 4.78 is 13.2. The molecule has 20 heavy (non-hydrogen) atoms. The summed E-state index contributed by atoms with van der Waals surface area (Å²) in [5.41, 5.74) is 1.20. The van der Waals surface area contributed by atoms with E-state index in [1.165, 1.54) is 17.0 Å². The van der Waals surface area contributed by atoms with Gasteiger partial charge in [0, 0.05) is 7.05 Å². The molecule has 1 amide bonds. The molecule has 0 saturated carbocycles. The lowest BCUT2D eigenvalue weighted by molar-refractivity contribution is 0.0987. The fourth-order valence-corrected chi connectivity index (χ4v) is 1.85. The summed E-state index contributed by atoms with van der Waals surface area (Å²) in [5.74, 6) is -0.398. The van der Waals surface area contributed by atoms with Crippen molar-refractivity contribution in [2.45, 2.75) is 13.8 Å². The van der Waals surface area contributed by atoms with Crippen molar-refractivity contribution in [3.05, 3.63) is 52.2 Å². The molecule has 2 aromatic heterocycles. The number of rotatable bonds is 2. The smallest absolute Gasteiger partial charge is 0.278 e. The molecular weight excluding hydrogens is 281 g/mol. The Bertz CT molecular complexity index is 675. The second-order valence-corrected chi connectivity index (χ2v) is 4.79. The summed E-state index contributed by atoms with van der Waals surface area (Å²) in [6.45, 7) is 3.31. The summed E-state index contributed by atoms with van der Waals surface area (Å²) in [6.07, 6.45) is 0. The Hall–Kier alpha value is -2.01. The molecule has 4 nitrogen and oxygen atoms in total. The minimum absolute atomic E-state index is 0.234. The number of halogens is 2. The van der Waals surface area contributed by atoms with Gasteiger partial charge >= 0.3 is 0 Å². The molecule has 2 rings (SSSR count). The number of nitrogens with zero attached hydrogens (tertiary/aromatic N) is 3. The standard InChI is InChI=1S/C14H13ClFN3O/c1-8-4-6-11(15)18-13(8)14(20)19(3)12-7-5-10(16)9(2)17-12/h4-7H,1-3H3. The Labute approximate surface area is 121 Å². The number of hydrogen-bond donors (Lipinski definition) is 0.